The average molecular weight is 211 g/mol. The summed E-state index contributed by atoms with van der Waals surface area (Å²) in [7, 11) is 0. The molecule has 15 heavy (non-hydrogen) atoms. The lowest BCUT2D eigenvalue weighted by Crippen LogP contribution is -2.50. The van der Waals surface area contributed by atoms with Gasteiger partial charge < -0.3 is 9.64 Å². The lowest BCUT2D eigenvalue weighted by atomic mass is 10.00. The summed E-state index contributed by atoms with van der Waals surface area (Å²) in [6, 6.07) is 0. The third-order valence-electron chi connectivity index (χ3n) is 3.39. The van der Waals surface area contributed by atoms with Crippen LogP contribution in [-0.4, -0.2) is 41.4 Å². The number of amides is 1. The van der Waals surface area contributed by atoms with Crippen LogP contribution in [0.3, 0.4) is 0 Å². The molecule has 0 aromatic carbocycles. The summed E-state index contributed by atoms with van der Waals surface area (Å²) in [5.41, 5.74) is -0.636. The number of nitrogens with zero attached hydrogens (tertiary/aromatic N) is 1. The summed E-state index contributed by atoms with van der Waals surface area (Å²) in [6.45, 7) is 4.84. The van der Waals surface area contributed by atoms with Gasteiger partial charge >= 0.3 is 0 Å². The van der Waals surface area contributed by atoms with Gasteiger partial charge in [0.1, 0.15) is 6.10 Å². The van der Waals surface area contributed by atoms with Crippen LogP contribution in [-0.2, 0) is 14.3 Å². The molecule has 0 N–H and O–H groups in total. The zero-order chi connectivity index (χ0) is 11.1. The maximum Gasteiger partial charge on any atom is 0.252 e. The van der Waals surface area contributed by atoms with Gasteiger partial charge in [-0.2, -0.15) is 0 Å². The molecule has 2 aliphatic rings. The number of likely N-dealkylation sites (tertiary alicyclic amines) is 1. The number of ether oxygens (including phenoxy) is 1. The molecule has 4 nitrogen and oxygen atoms in total. The van der Waals surface area contributed by atoms with Gasteiger partial charge in [-0.3, -0.25) is 9.59 Å². The molecule has 2 fully saturated rings. The second kappa shape index (κ2) is 3.59. The van der Waals surface area contributed by atoms with Crippen molar-refractivity contribution in [3.8, 4) is 0 Å². The fourth-order valence-electron chi connectivity index (χ4n) is 2.28. The number of carbonyl (C=O) groups excluding carboxylic acids is 2. The number of hydrogen-bond donors (Lipinski definition) is 0. The van der Waals surface area contributed by atoms with Crippen molar-refractivity contribution in [3.63, 3.8) is 0 Å². The van der Waals surface area contributed by atoms with Gasteiger partial charge in [0.2, 0.25) is 0 Å². The van der Waals surface area contributed by atoms with Gasteiger partial charge in [0, 0.05) is 19.6 Å². The quantitative estimate of drug-likeness (QED) is 0.643. The van der Waals surface area contributed by atoms with E-state index in [1.807, 2.05) is 13.8 Å². The molecule has 0 radical (unpaired) electrons. The highest BCUT2D eigenvalue weighted by atomic mass is 16.5. The molecule has 4 heteroatoms. The van der Waals surface area contributed by atoms with Crippen LogP contribution in [0.5, 0.6) is 0 Å². The van der Waals surface area contributed by atoms with Crippen LogP contribution >= 0.6 is 0 Å². The number of rotatable bonds is 1. The Morgan fingerprint density at radius 1 is 1.53 bits per heavy atom. The van der Waals surface area contributed by atoms with E-state index in [1.54, 1.807) is 4.90 Å². The van der Waals surface area contributed by atoms with E-state index in [9.17, 15) is 9.59 Å². The SMILES string of the molecule is CC1(C)C(=O)CCN1C(=O)C1CCCO1. The molecule has 0 aliphatic carbocycles. The van der Waals surface area contributed by atoms with Gasteiger partial charge in [-0.1, -0.05) is 0 Å². The molecule has 0 bridgehead atoms. The van der Waals surface area contributed by atoms with E-state index in [2.05, 4.69) is 0 Å². The summed E-state index contributed by atoms with van der Waals surface area (Å²) in [5, 5.41) is 0. The first-order valence-electron chi connectivity index (χ1n) is 5.50. The summed E-state index contributed by atoms with van der Waals surface area (Å²) in [5.74, 6) is 0.136. The van der Waals surface area contributed by atoms with Gasteiger partial charge in [-0.15, -0.1) is 0 Å². The van der Waals surface area contributed by atoms with Gasteiger partial charge in [0.15, 0.2) is 5.78 Å². The van der Waals surface area contributed by atoms with Crippen LogP contribution in [0.4, 0.5) is 0 Å². The van der Waals surface area contributed by atoms with Crippen LogP contribution in [0.1, 0.15) is 33.1 Å². The first kappa shape index (κ1) is 10.6. The van der Waals surface area contributed by atoms with Crippen molar-refractivity contribution in [1.82, 2.24) is 4.90 Å². The van der Waals surface area contributed by atoms with E-state index in [0.717, 1.165) is 12.8 Å². The molecular formula is C11H17NO3. The van der Waals surface area contributed by atoms with Gasteiger partial charge in [-0.05, 0) is 26.7 Å². The third kappa shape index (κ3) is 1.67. The molecular weight excluding hydrogens is 194 g/mol. The molecule has 0 aromatic heterocycles. The highest BCUT2D eigenvalue weighted by Crippen LogP contribution is 2.27. The molecule has 1 amide bonds. The van der Waals surface area contributed by atoms with E-state index >= 15 is 0 Å². The maximum absolute atomic E-state index is 12.1. The van der Waals surface area contributed by atoms with Crippen molar-refractivity contribution in [2.45, 2.75) is 44.8 Å². The third-order valence-corrected chi connectivity index (χ3v) is 3.39. The molecule has 0 spiro atoms. The molecule has 1 atom stereocenters. The van der Waals surface area contributed by atoms with E-state index in [-0.39, 0.29) is 17.8 Å². The minimum Gasteiger partial charge on any atom is -0.368 e. The maximum atomic E-state index is 12.1. The van der Waals surface area contributed by atoms with E-state index in [4.69, 9.17) is 4.74 Å². The second-order valence-corrected chi connectivity index (χ2v) is 4.72. The Kier molecular flexibility index (Phi) is 2.54. The molecule has 1 unspecified atom stereocenters. The van der Waals surface area contributed by atoms with E-state index in [0.29, 0.717) is 19.6 Å². The highest BCUT2D eigenvalue weighted by molar-refractivity contribution is 5.96. The fourth-order valence-corrected chi connectivity index (χ4v) is 2.28. The van der Waals surface area contributed by atoms with E-state index < -0.39 is 5.54 Å². The predicted molar refractivity (Wildman–Crippen MR) is 54.4 cm³/mol. The zero-order valence-electron chi connectivity index (χ0n) is 9.28. The summed E-state index contributed by atoms with van der Waals surface area (Å²) >= 11 is 0. The molecule has 84 valence electrons. The molecule has 0 aromatic rings. The minimum atomic E-state index is -0.636. The number of hydrogen-bond acceptors (Lipinski definition) is 3. The first-order valence-corrected chi connectivity index (χ1v) is 5.50. The Balaban J connectivity index is 2.10. The standard InChI is InChI=1S/C11H17NO3/c1-11(2)9(13)5-6-12(11)10(14)8-4-3-7-15-8/h8H,3-7H2,1-2H3. The molecule has 2 saturated heterocycles. The van der Waals surface area contributed by atoms with Crippen molar-refractivity contribution >= 4 is 11.7 Å². The summed E-state index contributed by atoms with van der Waals surface area (Å²) < 4.78 is 5.35. The number of ketones is 1. The summed E-state index contributed by atoms with van der Waals surface area (Å²) in [6.07, 6.45) is 1.90. The van der Waals surface area contributed by atoms with Gasteiger partial charge in [0.25, 0.3) is 5.91 Å². The van der Waals surface area contributed by atoms with Crippen LogP contribution < -0.4 is 0 Å². The Bertz CT molecular complexity index is 292. The molecule has 2 aliphatic heterocycles. The lowest BCUT2D eigenvalue weighted by molar-refractivity contribution is -0.146. The van der Waals surface area contributed by atoms with Crippen molar-refractivity contribution in [2.24, 2.45) is 0 Å². The molecule has 2 heterocycles. The Morgan fingerprint density at radius 2 is 2.27 bits per heavy atom. The Morgan fingerprint density at radius 3 is 2.73 bits per heavy atom. The normalized spacial score (nSPS) is 29.9. The number of carbonyl (C=O) groups is 2. The van der Waals surface area contributed by atoms with Gasteiger partial charge in [0.05, 0.1) is 5.54 Å². The average Bonchev–Trinajstić information content (AvgIpc) is 2.76. The topological polar surface area (TPSA) is 46.6 Å². The largest absolute Gasteiger partial charge is 0.368 e. The molecule has 2 rings (SSSR count). The first-order chi connectivity index (χ1) is 7.03. The van der Waals surface area contributed by atoms with Crippen LogP contribution in [0.15, 0.2) is 0 Å². The smallest absolute Gasteiger partial charge is 0.252 e. The van der Waals surface area contributed by atoms with Crippen LogP contribution in [0.25, 0.3) is 0 Å². The van der Waals surface area contributed by atoms with Crippen molar-refractivity contribution in [2.75, 3.05) is 13.2 Å². The fraction of sp³-hybridized carbons (Fsp3) is 0.818. The monoisotopic (exact) mass is 211 g/mol. The van der Waals surface area contributed by atoms with Crippen molar-refractivity contribution < 1.29 is 14.3 Å². The second-order valence-electron chi connectivity index (χ2n) is 4.72. The van der Waals surface area contributed by atoms with Gasteiger partial charge in [-0.25, -0.2) is 0 Å². The van der Waals surface area contributed by atoms with E-state index in [1.165, 1.54) is 0 Å². The molecule has 0 saturated carbocycles. The zero-order valence-corrected chi connectivity index (χ0v) is 9.28. The highest BCUT2D eigenvalue weighted by Gasteiger charge is 2.45. The summed E-state index contributed by atoms with van der Waals surface area (Å²) in [4.78, 5) is 25.3. The number of Topliss-reactive ketones (excluding diaryl/α,β-unsaturated/α-hetero) is 1. The van der Waals surface area contributed by atoms with Crippen LogP contribution in [0.2, 0.25) is 0 Å². The van der Waals surface area contributed by atoms with Crippen LogP contribution in [0, 0.1) is 0 Å². The van der Waals surface area contributed by atoms with Crippen molar-refractivity contribution in [1.29, 1.82) is 0 Å². The predicted octanol–water partition coefficient (Wildman–Crippen LogP) is 0.745. The lowest BCUT2D eigenvalue weighted by Gasteiger charge is -2.31. The van der Waals surface area contributed by atoms with Crippen molar-refractivity contribution in [3.05, 3.63) is 0 Å². The minimum absolute atomic E-state index is 0.0108. The Labute approximate surface area is 89.6 Å². The Hall–Kier alpha value is -0.900.